The van der Waals surface area contributed by atoms with E-state index >= 15 is 0 Å². The first kappa shape index (κ1) is 16.6. The van der Waals surface area contributed by atoms with Crippen LogP contribution in [0.15, 0.2) is 18.2 Å². The number of rotatable bonds is 1. The Morgan fingerprint density at radius 2 is 1.96 bits per heavy atom. The highest BCUT2D eigenvalue weighted by atomic mass is 16.2. The molecule has 1 spiro atoms. The van der Waals surface area contributed by atoms with Gasteiger partial charge in [-0.25, -0.2) is 0 Å². The second kappa shape index (κ2) is 6.45. The largest absolute Gasteiger partial charge is 0.356 e. The minimum absolute atomic E-state index is 0.0796. The fourth-order valence-electron chi connectivity index (χ4n) is 4.66. The number of carbonyl (C=O) groups is 2. The zero-order chi connectivity index (χ0) is 17.4. The van der Waals surface area contributed by atoms with Crippen LogP contribution in [0.1, 0.15) is 47.2 Å². The lowest BCUT2D eigenvalue weighted by Crippen LogP contribution is -2.62. The van der Waals surface area contributed by atoms with E-state index in [1.54, 1.807) is 0 Å². The highest BCUT2D eigenvalue weighted by molar-refractivity contribution is 5.94. The van der Waals surface area contributed by atoms with E-state index in [0.717, 1.165) is 44.3 Å². The third-order valence-corrected chi connectivity index (χ3v) is 6.36. The van der Waals surface area contributed by atoms with Crippen molar-refractivity contribution in [2.45, 2.75) is 44.1 Å². The molecule has 25 heavy (non-hydrogen) atoms. The van der Waals surface area contributed by atoms with Crippen LogP contribution in [0.25, 0.3) is 0 Å². The predicted molar refractivity (Wildman–Crippen MR) is 96.6 cm³/mol. The van der Waals surface area contributed by atoms with E-state index in [9.17, 15) is 9.59 Å². The number of nitrogens with zero attached hydrogens (tertiary/aromatic N) is 2. The Balaban J connectivity index is 1.54. The standard InChI is InChI=1S/C20H27N3O2/c1-22-11-12-23(14-20(22)8-7-18(24)21-10-9-20)19(25)17-6-5-15-3-2-4-16(15)13-17/h5-6,13H,2-4,7-12,14H2,1H3,(H,21,24)/t20-/m1/s1. The fourth-order valence-corrected chi connectivity index (χ4v) is 4.66. The molecule has 1 aromatic rings. The lowest BCUT2D eigenvalue weighted by molar-refractivity contribution is -0.121. The molecule has 5 nitrogen and oxygen atoms in total. The first-order chi connectivity index (χ1) is 12.1. The first-order valence-electron chi connectivity index (χ1n) is 9.46. The van der Waals surface area contributed by atoms with Crippen LogP contribution < -0.4 is 5.32 Å². The maximum atomic E-state index is 13.1. The van der Waals surface area contributed by atoms with Gasteiger partial charge < -0.3 is 10.2 Å². The van der Waals surface area contributed by atoms with Gasteiger partial charge in [0.25, 0.3) is 5.91 Å². The lowest BCUT2D eigenvalue weighted by atomic mass is 9.86. The molecule has 5 heteroatoms. The fraction of sp³-hybridized carbons (Fsp3) is 0.600. The number of amides is 2. The highest BCUT2D eigenvalue weighted by Crippen LogP contribution is 2.31. The molecule has 2 saturated heterocycles. The van der Waals surface area contributed by atoms with Crippen molar-refractivity contribution in [2.24, 2.45) is 0 Å². The Bertz CT molecular complexity index is 702. The average Bonchev–Trinajstić information content (AvgIpc) is 3.01. The molecule has 4 rings (SSSR count). The molecule has 2 aliphatic heterocycles. The molecule has 1 atom stereocenters. The second-order valence-corrected chi connectivity index (χ2v) is 7.81. The van der Waals surface area contributed by atoms with Crippen molar-refractivity contribution in [1.29, 1.82) is 0 Å². The van der Waals surface area contributed by atoms with Gasteiger partial charge in [-0.3, -0.25) is 14.5 Å². The van der Waals surface area contributed by atoms with Crippen molar-refractivity contribution in [2.75, 3.05) is 33.2 Å². The third kappa shape index (κ3) is 3.06. The predicted octanol–water partition coefficient (Wildman–Crippen LogP) is 1.60. The number of aryl methyl sites for hydroxylation is 2. The maximum absolute atomic E-state index is 13.1. The zero-order valence-corrected chi connectivity index (χ0v) is 15.0. The summed E-state index contributed by atoms with van der Waals surface area (Å²) in [6.07, 6.45) is 5.71. The molecule has 0 bridgehead atoms. The molecule has 0 saturated carbocycles. The Labute approximate surface area is 149 Å². The number of piperazine rings is 1. The molecule has 134 valence electrons. The quantitative estimate of drug-likeness (QED) is 0.844. The lowest BCUT2D eigenvalue weighted by Gasteiger charge is -2.49. The van der Waals surface area contributed by atoms with E-state index in [2.05, 4.69) is 29.4 Å². The Morgan fingerprint density at radius 1 is 1.12 bits per heavy atom. The summed E-state index contributed by atoms with van der Waals surface area (Å²) in [5.74, 6) is 0.276. The van der Waals surface area contributed by atoms with Gasteiger partial charge in [0.15, 0.2) is 0 Å². The van der Waals surface area contributed by atoms with Crippen LogP contribution in [-0.2, 0) is 17.6 Å². The number of benzene rings is 1. The third-order valence-electron chi connectivity index (χ3n) is 6.36. The van der Waals surface area contributed by atoms with E-state index in [1.165, 1.54) is 17.5 Å². The molecule has 2 amide bonds. The summed E-state index contributed by atoms with van der Waals surface area (Å²) in [6.45, 7) is 3.04. The summed E-state index contributed by atoms with van der Waals surface area (Å²) in [5.41, 5.74) is 3.49. The number of nitrogens with one attached hydrogen (secondary N) is 1. The van der Waals surface area contributed by atoms with Gasteiger partial charge in [-0.1, -0.05) is 6.07 Å². The van der Waals surface area contributed by atoms with Crippen molar-refractivity contribution in [3.8, 4) is 0 Å². The van der Waals surface area contributed by atoms with Crippen LogP contribution in [0.2, 0.25) is 0 Å². The molecule has 1 aromatic carbocycles. The molecule has 0 radical (unpaired) electrons. The highest BCUT2D eigenvalue weighted by Gasteiger charge is 2.42. The van der Waals surface area contributed by atoms with Crippen molar-refractivity contribution < 1.29 is 9.59 Å². The van der Waals surface area contributed by atoms with Gasteiger partial charge in [-0.05, 0) is 62.4 Å². The molecular weight excluding hydrogens is 314 g/mol. The monoisotopic (exact) mass is 341 g/mol. The number of hydrogen-bond donors (Lipinski definition) is 1. The number of likely N-dealkylation sites (N-methyl/N-ethyl adjacent to an activating group) is 1. The number of hydrogen-bond acceptors (Lipinski definition) is 3. The van der Waals surface area contributed by atoms with Crippen LogP contribution in [-0.4, -0.2) is 60.4 Å². The Kier molecular flexibility index (Phi) is 4.28. The van der Waals surface area contributed by atoms with Crippen molar-refractivity contribution in [1.82, 2.24) is 15.1 Å². The van der Waals surface area contributed by atoms with E-state index in [4.69, 9.17) is 0 Å². The molecule has 1 N–H and O–H groups in total. The molecule has 2 fully saturated rings. The Morgan fingerprint density at radius 3 is 2.84 bits per heavy atom. The van der Waals surface area contributed by atoms with Crippen LogP contribution in [0.3, 0.4) is 0 Å². The van der Waals surface area contributed by atoms with Gasteiger partial charge in [0.1, 0.15) is 0 Å². The second-order valence-electron chi connectivity index (χ2n) is 7.81. The Hall–Kier alpha value is -1.88. The maximum Gasteiger partial charge on any atom is 0.253 e. The summed E-state index contributed by atoms with van der Waals surface area (Å²) in [7, 11) is 2.13. The number of carbonyl (C=O) groups excluding carboxylic acids is 2. The van der Waals surface area contributed by atoms with Crippen LogP contribution in [0.5, 0.6) is 0 Å². The minimum Gasteiger partial charge on any atom is -0.356 e. The van der Waals surface area contributed by atoms with Crippen LogP contribution in [0, 0.1) is 0 Å². The molecule has 0 aromatic heterocycles. The van der Waals surface area contributed by atoms with E-state index in [-0.39, 0.29) is 17.4 Å². The molecule has 3 aliphatic rings. The molecule has 2 heterocycles. The van der Waals surface area contributed by atoms with Crippen LogP contribution >= 0.6 is 0 Å². The van der Waals surface area contributed by atoms with Gasteiger partial charge in [-0.2, -0.15) is 0 Å². The van der Waals surface area contributed by atoms with Gasteiger partial charge in [0.2, 0.25) is 5.91 Å². The first-order valence-corrected chi connectivity index (χ1v) is 9.46. The van der Waals surface area contributed by atoms with E-state index in [1.807, 2.05) is 11.0 Å². The smallest absolute Gasteiger partial charge is 0.253 e. The minimum atomic E-state index is -0.0796. The summed E-state index contributed by atoms with van der Waals surface area (Å²) in [4.78, 5) is 29.2. The summed E-state index contributed by atoms with van der Waals surface area (Å²) < 4.78 is 0. The molecular formula is C20H27N3O2. The van der Waals surface area contributed by atoms with E-state index in [0.29, 0.717) is 19.5 Å². The van der Waals surface area contributed by atoms with Crippen LogP contribution in [0.4, 0.5) is 0 Å². The zero-order valence-electron chi connectivity index (χ0n) is 15.0. The molecule has 0 unspecified atom stereocenters. The summed E-state index contributed by atoms with van der Waals surface area (Å²) in [6, 6.07) is 6.24. The van der Waals surface area contributed by atoms with Gasteiger partial charge in [0.05, 0.1) is 0 Å². The number of fused-ring (bicyclic) bond motifs is 1. The summed E-state index contributed by atoms with van der Waals surface area (Å²) in [5, 5.41) is 2.97. The van der Waals surface area contributed by atoms with Crippen molar-refractivity contribution in [3.05, 3.63) is 34.9 Å². The van der Waals surface area contributed by atoms with Crippen molar-refractivity contribution >= 4 is 11.8 Å². The van der Waals surface area contributed by atoms with Gasteiger partial charge >= 0.3 is 0 Å². The average molecular weight is 341 g/mol. The summed E-state index contributed by atoms with van der Waals surface area (Å²) >= 11 is 0. The van der Waals surface area contributed by atoms with Gasteiger partial charge in [-0.15, -0.1) is 0 Å². The topological polar surface area (TPSA) is 52.6 Å². The molecule has 1 aliphatic carbocycles. The normalized spacial score (nSPS) is 27.1. The van der Waals surface area contributed by atoms with E-state index < -0.39 is 0 Å². The van der Waals surface area contributed by atoms with Crippen molar-refractivity contribution in [3.63, 3.8) is 0 Å². The SMILES string of the molecule is CN1CCN(C(=O)c2ccc3c(c2)CCC3)C[C@@]12CCNC(=O)CC2. The van der Waals surface area contributed by atoms with Gasteiger partial charge in [0, 0.05) is 43.7 Å².